The Labute approximate surface area is 131 Å². The maximum Gasteiger partial charge on any atom is 0.255 e. The van der Waals surface area contributed by atoms with Gasteiger partial charge in [0.1, 0.15) is 13.2 Å². The molecule has 108 valence electrons. The van der Waals surface area contributed by atoms with E-state index in [2.05, 4.69) is 21.2 Å². The molecule has 0 unspecified atom stereocenters. The molecule has 0 atom stereocenters. The highest BCUT2D eigenvalue weighted by molar-refractivity contribution is 9.10. The monoisotopic (exact) mass is 347 g/mol. The van der Waals surface area contributed by atoms with Crippen molar-refractivity contribution in [3.05, 3.63) is 52.0 Å². The molecule has 0 radical (unpaired) electrons. The van der Waals surface area contributed by atoms with E-state index in [-0.39, 0.29) is 5.91 Å². The molecular weight excluding hydrogens is 334 g/mol. The minimum absolute atomic E-state index is 0.169. The molecular formula is C16H14BrNO3. The van der Waals surface area contributed by atoms with Crippen molar-refractivity contribution in [2.45, 2.75) is 6.92 Å². The number of hydrogen-bond acceptors (Lipinski definition) is 3. The molecule has 1 aliphatic rings. The summed E-state index contributed by atoms with van der Waals surface area (Å²) in [7, 11) is 0. The second-order valence-corrected chi connectivity index (χ2v) is 5.69. The van der Waals surface area contributed by atoms with Crippen LogP contribution >= 0.6 is 15.9 Å². The maximum atomic E-state index is 12.3. The lowest BCUT2D eigenvalue weighted by Gasteiger charge is -2.18. The number of nitrogens with one attached hydrogen (secondary N) is 1. The first-order chi connectivity index (χ1) is 10.1. The number of fused-ring (bicyclic) bond motifs is 1. The van der Waals surface area contributed by atoms with Gasteiger partial charge >= 0.3 is 0 Å². The van der Waals surface area contributed by atoms with Crippen LogP contribution in [0, 0.1) is 6.92 Å². The average molecular weight is 348 g/mol. The molecule has 1 amide bonds. The molecule has 5 heteroatoms. The molecule has 1 heterocycles. The molecule has 0 saturated carbocycles. The predicted octanol–water partition coefficient (Wildman–Crippen LogP) is 3.78. The SMILES string of the molecule is Cc1cc(Br)ccc1NC(=O)c1ccc2c(c1)OCCO2. The van der Waals surface area contributed by atoms with Crippen molar-refractivity contribution in [1.82, 2.24) is 0 Å². The fourth-order valence-electron chi connectivity index (χ4n) is 2.15. The van der Waals surface area contributed by atoms with Gasteiger partial charge in [-0.25, -0.2) is 0 Å². The summed E-state index contributed by atoms with van der Waals surface area (Å²) in [5.41, 5.74) is 2.33. The number of benzene rings is 2. The second-order valence-electron chi connectivity index (χ2n) is 4.77. The van der Waals surface area contributed by atoms with E-state index in [4.69, 9.17) is 9.47 Å². The summed E-state index contributed by atoms with van der Waals surface area (Å²) in [4.78, 5) is 12.3. The highest BCUT2D eigenvalue weighted by Gasteiger charge is 2.15. The van der Waals surface area contributed by atoms with Crippen molar-refractivity contribution < 1.29 is 14.3 Å². The van der Waals surface area contributed by atoms with E-state index in [0.29, 0.717) is 30.3 Å². The number of carbonyl (C=O) groups excluding carboxylic acids is 1. The second kappa shape index (κ2) is 5.77. The Balaban J connectivity index is 1.82. The summed E-state index contributed by atoms with van der Waals surface area (Å²) in [5, 5.41) is 2.90. The first kappa shape index (κ1) is 13.9. The van der Waals surface area contributed by atoms with Crippen LogP contribution in [0.1, 0.15) is 15.9 Å². The highest BCUT2D eigenvalue weighted by Crippen LogP contribution is 2.31. The van der Waals surface area contributed by atoms with Crippen LogP contribution < -0.4 is 14.8 Å². The Morgan fingerprint density at radius 1 is 1.10 bits per heavy atom. The Morgan fingerprint density at radius 3 is 2.62 bits per heavy atom. The first-order valence-corrected chi connectivity index (χ1v) is 7.40. The predicted molar refractivity (Wildman–Crippen MR) is 84.3 cm³/mol. The van der Waals surface area contributed by atoms with Gasteiger partial charge in [0.15, 0.2) is 11.5 Å². The van der Waals surface area contributed by atoms with Crippen LogP contribution in [0.3, 0.4) is 0 Å². The third-order valence-electron chi connectivity index (χ3n) is 3.24. The zero-order valence-corrected chi connectivity index (χ0v) is 13.1. The standard InChI is InChI=1S/C16H14BrNO3/c1-10-8-12(17)3-4-13(10)18-16(19)11-2-5-14-15(9-11)21-7-6-20-14/h2-5,8-9H,6-7H2,1H3,(H,18,19). The summed E-state index contributed by atoms with van der Waals surface area (Å²) in [6.45, 7) is 2.99. The van der Waals surface area contributed by atoms with Gasteiger partial charge in [0.2, 0.25) is 0 Å². The summed E-state index contributed by atoms with van der Waals surface area (Å²) < 4.78 is 11.9. The van der Waals surface area contributed by atoms with Crippen molar-refractivity contribution in [3.63, 3.8) is 0 Å². The lowest BCUT2D eigenvalue weighted by molar-refractivity contribution is 0.102. The number of anilines is 1. The quantitative estimate of drug-likeness (QED) is 0.899. The van der Waals surface area contributed by atoms with Crippen molar-refractivity contribution in [3.8, 4) is 11.5 Å². The van der Waals surface area contributed by atoms with Crippen molar-refractivity contribution in [2.75, 3.05) is 18.5 Å². The summed E-state index contributed by atoms with van der Waals surface area (Å²) in [5.74, 6) is 1.12. The molecule has 0 fully saturated rings. The minimum atomic E-state index is -0.169. The van der Waals surface area contributed by atoms with E-state index < -0.39 is 0 Å². The molecule has 0 saturated heterocycles. The van der Waals surface area contributed by atoms with Gasteiger partial charge in [-0.15, -0.1) is 0 Å². The Morgan fingerprint density at radius 2 is 1.86 bits per heavy atom. The third kappa shape index (κ3) is 3.03. The van der Waals surface area contributed by atoms with Crippen LogP contribution in [0.15, 0.2) is 40.9 Å². The average Bonchev–Trinajstić information content (AvgIpc) is 2.49. The Hall–Kier alpha value is -2.01. The number of halogens is 1. The normalized spacial score (nSPS) is 12.9. The summed E-state index contributed by atoms with van der Waals surface area (Å²) >= 11 is 3.41. The van der Waals surface area contributed by atoms with E-state index in [1.165, 1.54) is 0 Å². The van der Waals surface area contributed by atoms with Crippen LogP contribution in [-0.4, -0.2) is 19.1 Å². The van der Waals surface area contributed by atoms with Crippen LogP contribution in [-0.2, 0) is 0 Å². The lowest BCUT2D eigenvalue weighted by Crippen LogP contribution is -2.17. The molecule has 3 rings (SSSR count). The number of rotatable bonds is 2. The summed E-state index contributed by atoms with van der Waals surface area (Å²) in [6, 6.07) is 10.9. The van der Waals surface area contributed by atoms with Gasteiger partial charge in [-0.05, 0) is 48.9 Å². The van der Waals surface area contributed by atoms with Gasteiger partial charge in [0, 0.05) is 15.7 Å². The van der Waals surface area contributed by atoms with Gasteiger partial charge in [0.05, 0.1) is 0 Å². The zero-order valence-electron chi connectivity index (χ0n) is 11.5. The van der Waals surface area contributed by atoms with E-state index in [0.717, 1.165) is 15.7 Å². The smallest absolute Gasteiger partial charge is 0.255 e. The van der Waals surface area contributed by atoms with Gasteiger partial charge in [0.25, 0.3) is 5.91 Å². The number of ether oxygens (including phenoxy) is 2. The maximum absolute atomic E-state index is 12.3. The van der Waals surface area contributed by atoms with Gasteiger partial charge in [-0.1, -0.05) is 15.9 Å². The topological polar surface area (TPSA) is 47.6 Å². The molecule has 1 N–H and O–H groups in total. The van der Waals surface area contributed by atoms with Crippen LogP contribution in [0.2, 0.25) is 0 Å². The van der Waals surface area contributed by atoms with Gasteiger partial charge in [-0.3, -0.25) is 4.79 Å². The van der Waals surface area contributed by atoms with E-state index in [1.54, 1.807) is 18.2 Å². The number of hydrogen-bond donors (Lipinski definition) is 1. The van der Waals surface area contributed by atoms with Crippen molar-refractivity contribution in [1.29, 1.82) is 0 Å². The number of aryl methyl sites for hydroxylation is 1. The molecule has 0 spiro atoms. The minimum Gasteiger partial charge on any atom is -0.486 e. The molecule has 2 aromatic rings. The number of amides is 1. The highest BCUT2D eigenvalue weighted by atomic mass is 79.9. The fourth-order valence-corrected chi connectivity index (χ4v) is 2.62. The lowest BCUT2D eigenvalue weighted by atomic mass is 10.1. The van der Waals surface area contributed by atoms with E-state index in [9.17, 15) is 4.79 Å². The van der Waals surface area contributed by atoms with Crippen LogP contribution in [0.4, 0.5) is 5.69 Å². The molecule has 2 aromatic carbocycles. The Bertz CT molecular complexity index is 700. The van der Waals surface area contributed by atoms with Crippen LogP contribution in [0.25, 0.3) is 0 Å². The fraction of sp³-hybridized carbons (Fsp3) is 0.188. The Kier molecular flexibility index (Phi) is 3.84. The van der Waals surface area contributed by atoms with Crippen LogP contribution in [0.5, 0.6) is 11.5 Å². The van der Waals surface area contributed by atoms with E-state index >= 15 is 0 Å². The number of carbonyl (C=O) groups is 1. The summed E-state index contributed by atoms with van der Waals surface area (Å²) in [6.07, 6.45) is 0. The van der Waals surface area contributed by atoms with Crippen molar-refractivity contribution in [2.24, 2.45) is 0 Å². The molecule has 0 aliphatic carbocycles. The van der Waals surface area contributed by atoms with E-state index in [1.807, 2.05) is 25.1 Å². The largest absolute Gasteiger partial charge is 0.486 e. The molecule has 4 nitrogen and oxygen atoms in total. The first-order valence-electron chi connectivity index (χ1n) is 6.60. The third-order valence-corrected chi connectivity index (χ3v) is 3.73. The molecule has 1 aliphatic heterocycles. The molecule has 0 aromatic heterocycles. The molecule has 0 bridgehead atoms. The molecule has 21 heavy (non-hydrogen) atoms. The van der Waals surface area contributed by atoms with Gasteiger partial charge in [-0.2, -0.15) is 0 Å². The zero-order chi connectivity index (χ0) is 14.8. The van der Waals surface area contributed by atoms with Gasteiger partial charge < -0.3 is 14.8 Å². The van der Waals surface area contributed by atoms with Crippen molar-refractivity contribution >= 4 is 27.5 Å².